The summed E-state index contributed by atoms with van der Waals surface area (Å²) < 4.78 is 18.5. The lowest BCUT2D eigenvalue weighted by Gasteiger charge is -2.20. The molecule has 2 unspecified atom stereocenters. The molecule has 2 atom stereocenters. The van der Waals surface area contributed by atoms with Crippen molar-refractivity contribution in [1.82, 2.24) is 15.0 Å². The minimum absolute atomic E-state index is 0.108. The third-order valence-electron chi connectivity index (χ3n) is 4.15. The van der Waals surface area contributed by atoms with E-state index in [9.17, 15) is 9.50 Å². The number of benzene rings is 1. The van der Waals surface area contributed by atoms with Gasteiger partial charge in [-0.25, -0.2) is 4.39 Å². The molecule has 124 valence electrons. The number of β-amino-alcohol motifs (C(OH)–C–C–N with tert-alkyl or cyclic N) is 1. The van der Waals surface area contributed by atoms with E-state index in [0.717, 1.165) is 6.54 Å². The van der Waals surface area contributed by atoms with Gasteiger partial charge < -0.3 is 9.63 Å². The Morgan fingerprint density at radius 2 is 2.12 bits per heavy atom. The first-order valence-corrected chi connectivity index (χ1v) is 8.61. The van der Waals surface area contributed by atoms with Crippen LogP contribution in [-0.2, 0) is 6.54 Å². The molecule has 1 saturated heterocycles. The number of hydrogen-bond acceptors (Lipinski definition) is 6. The summed E-state index contributed by atoms with van der Waals surface area (Å²) >= 11 is 1.69. The summed E-state index contributed by atoms with van der Waals surface area (Å²) in [7, 11) is 0. The van der Waals surface area contributed by atoms with Crippen molar-refractivity contribution in [2.45, 2.75) is 25.1 Å². The number of likely N-dealkylation sites (tertiary alicyclic amines) is 1. The molecule has 0 saturated carbocycles. The van der Waals surface area contributed by atoms with Gasteiger partial charge in [-0.1, -0.05) is 11.2 Å². The smallest absolute Gasteiger partial charge is 0.244 e. The lowest BCUT2D eigenvalue weighted by molar-refractivity contribution is 0.170. The van der Waals surface area contributed by atoms with Gasteiger partial charge in [0.05, 0.1) is 12.1 Å². The number of hydrogen-bond donors (Lipinski definition) is 1. The van der Waals surface area contributed by atoms with E-state index in [2.05, 4.69) is 21.1 Å². The molecule has 1 aliphatic rings. The van der Waals surface area contributed by atoms with Crippen LogP contribution in [0.15, 0.2) is 46.3 Å². The lowest BCUT2D eigenvalue weighted by atomic mass is 10.2. The molecule has 2 aromatic heterocycles. The van der Waals surface area contributed by atoms with Crippen LogP contribution in [0.5, 0.6) is 0 Å². The molecule has 0 amide bonds. The molecule has 0 radical (unpaired) electrons. The second-order valence-electron chi connectivity index (χ2n) is 5.88. The van der Waals surface area contributed by atoms with Crippen molar-refractivity contribution in [3.05, 3.63) is 58.4 Å². The predicted molar refractivity (Wildman–Crippen MR) is 87.8 cm³/mol. The quantitative estimate of drug-likeness (QED) is 0.786. The zero-order chi connectivity index (χ0) is 16.5. The SMILES string of the molecule is OC1CC(c2nc(-c3ccc(F)cc3)no2)N(Cc2cccs2)C1. The molecule has 1 aliphatic heterocycles. The largest absolute Gasteiger partial charge is 0.392 e. The van der Waals surface area contributed by atoms with Gasteiger partial charge in [0, 0.05) is 23.5 Å². The molecule has 3 heterocycles. The summed E-state index contributed by atoms with van der Waals surface area (Å²) in [4.78, 5) is 7.84. The third kappa shape index (κ3) is 3.10. The standard InChI is InChI=1S/C17H16FN3O2S/c18-12-5-3-11(4-6-12)16-19-17(23-20-16)15-8-13(22)9-21(15)10-14-2-1-7-24-14/h1-7,13,15,22H,8-10H2. The van der Waals surface area contributed by atoms with Crippen LogP contribution in [0.4, 0.5) is 4.39 Å². The van der Waals surface area contributed by atoms with Gasteiger partial charge in [0.25, 0.3) is 0 Å². The highest BCUT2D eigenvalue weighted by Crippen LogP contribution is 2.34. The summed E-state index contributed by atoms with van der Waals surface area (Å²) in [6, 6.07) is 9.96. The summed E-state index contributed by atoms with van der Waals surface area (Å²) in [6.45, 7) is 1.32. The molecule has 24 heavy (non-hydrogen) atoms. The van der Waals surface area contributed by atoms with Crippen LogP contribution in [0.2, 0.25) is 0 Å². The molecule has 3 aromatic rings. The second-order valence-corrected chi connectivity index (χ2v) is 6.91. The molecular weight excluding hydrogens is 329 g/mol. The van der Waals surface area contributed by atoms with Crippen molar-refractivity contribution in [2.75, 3.05) is 6.54 Å². The monoisotopic (exact) mass is 345 g/mol. The lowest BCUT2D eigenvalue weighted by Crippen LogP contribution is -2.24. The van der Waals surface area contributed by atoms with Gasteiger partial charge in [-0.15, -0.1) is 11.3 Å². The maximum absolute atomic E-state index is 13.0. The minimum atomic E-state index is -0.406. The van der Waals surface area contributed by atoms with E-state index in [4.69, 9.17) is 4.52 Å². The van der Waals surface area contributed by atoms with Gasteiger partial charge in [-0.3, -0.25) is 4.90 Å². The Bertz CT molecular complexity index is 804. The Morgan fingerprint density at radius 1 is 1.29 bits per heavy atom. The first-order chi connectivity index (χ1) is 11.7. The van der Waals surface area contributed by atoms with Crippen LogP contribution in [0.1, 0.15) is 23.2 Å². The average molecular weight is 345 g/mol. The molecule has 1 aromatic carbocycles. The molecule has 1 fully saturated rings. The van der Waals surface area contributed by atoms with Gasteiger partial charge in [0.2, 0.25) is 11.7 Å². The van der Waals surface area contributed by atoms with Gasteiger partial charge in [-0.2, -0.15) is 4.98 Å². The first kappa shape index (κ1) is 15.4. The number of aromatic nitrogens is 2. The zero-order valence-corrected chi connectivity index (χ0v) is 13.6. The fraction of sp³-hybridized carbons (Fsp3) is 0.294. The van der Waals surface area contributed by atoms with Crippen molar-refractivity contribution in [1.29, 1.82) is 0 Å². The van der Waals surface area contributed by atoms with E-state index < -0.39 is 6.10 Å². The normalized spacial score (nSPS) is 21.4. The third-order valence-corrected chi connectivity index (χ3v) is 5.01. The summed E-state index contributed by atoms with van der Waals surface area (Å²) in [5.74, 6) is 0.619. The van der Waals surface area contributed by atoms with E-state index in [1.54, 1.807) is 23.5 Å². The topological polar surface area (TPSA) is 62.4 Å². The highest BCUT2D eigenvalue weighted by Gasteiger charge is 2.36. The van der Waals surface area contributed by atoms with E-state index in [1.165, 1.54) is 17.0 Å². The molecule has 1 N–H and O–H groups in total. The maximum Gasteiger partial charge on any atom is 0.244 e. The number of thiophene rings is 1. The Balaban J connectivity index is 1.56. The number of nitrogens with zero attached hydrogens (tertiary/aromatic N) is 3. The molecule has 5 nitrogen and oxygen atoms in total. The van der Waals surface area contributed by atoms with Crippen LogP contribution >= 0.6 is 11.3 Å². The summed E-state index contributed by atoms with van der Waals surface area (Å²) in [5.41, 5.74) is 0.703. The van der Waals surface area contributed by atoms with Crippen molar-refractivity contribution in [2.24, 2.45) is 0 Å². The van der Waals surface area contributed by atoms with E-state index in [0.29, 0.717) is 30.2 Å². The highest BCUT2D eigenvalue weighted by atomic mass is 32.1. The number of aliphatic hydroxyl groups excluding tert-OH is 1. The number of halogens is 1. The van der Waals surface area contributed by atoms with Crippen molar-refractivity contribution in [3.8, 4) is 11.4 Å². The van der Waals surface area contributed by atoms with Crippen molar-refractivity contribution in [3.63, 3.8) is 0 Å². The minimum Gasteiger partial charge on any atom is -0.392 e. The van der Waals surface area contributed by atoms with Gasteiger partial charge in [0.1, 0.15) is 5.82 Å². The molecule has 4 rings (SSSR count). The average Bonchev–Trinajstić information content (AvgIpc) is 3.29. The Kier molecular flexibility index (Phi) is 4.13. The summed E-state index contributed by atoms with van der Waals surface area (Å²) in [6.07, 6.45) is 0.160. The fourth-order valence-electron chi connectivity index (χ4n) is 3.00. The number of rotatable bonds is 4. The van der Waals surface area contributed by atoms with Crippen LogP contribution in [0, 0.1) is 5.82 Å². The van der Waals surface area contributed by atoms with Crippen molar-refractivity contribution < 1.29 is 14.0 Å². The van der Waals surface area contributed by atoms with Gasteiger partial charge >= 0.3 is 0 Å². The van der Waals surface area contributed by atoms with Crippen LogP contribution < -0.4 is 0 Å². The van der Waals surface area contributed by atoms with Gasteiger partial charge in [0.15, 0.2) is 0 Å². The molecular formula is C17H16FN3O2S. The van der Waals surface area contributed by atoms with E-state index >= 15 is 0 Å². The number of aliphatic hydroxyl groups is 1. The molecule has 0 aliphatic carbocycles. The molecule has 0 bridgehead atoms. The van der Waals surface area contributed by atoms with Crippen LogP contribution in [0.25, 0.3) is 11.4 Å². The fourth-order valence-corrected chi connectivity index (χ4v) is 3.73. The van der Waals surface area contributed by atoms with Crippen LogP contribution in [-0.4, -0.2) is 32.8 Å². The molecule has 0 spiro atoms. The van der Waals surface area contributed by atoms with E-state index in [-0.39, 0.29) is 11.9 Å². The zero-order valence-electron chi connectivity index (χ0n) is 12.8. The van der Waals surface area contributed by atoms with Crippen LogP contribution in [0.3, 0.4) is 0 Å². The maximum atomic E-state index is 13.0. The highest BCUT2D eigenvalue weighted by molar-refractivity contribution is 7.09. The predicted octanol–water partition coefficient (Wildman–Crippen LogP) is 3.25. The molecule has 7 heteroatoms. The second kappa shape index (κ2) is 6.43. The van der Waals surface area contributed by atoms with Gasteiger partial charge in [-0.05, 0) is 42.1 Å². The Morgan fingerprint density at radius 3 is 2.88 bits per heavy atom. The first-order valence-electron chi connectivity index (χ1n) is 7.73. The Labute approximate surface area is 142 Å². The van der Waals surface area contributed by atoms with E-state index in [1.807, 2.05) is 11.4 Å². The Hall–Kier alpha value is -2.09. The summed E-state index contributed by atoms with van der Waals surface area (Å²) in [5, 5.41) is 16.1. The van der Waals surface area contributed by atoms with Crippen molar-refractivity contribution >= 4 is 11.3 Å².